The molecule has 0 aliphatic rings. The highest BCUT2D eigenvalue weighted by Gasteiger charge is 2.10. The van der Waals surface area contributed by atoms with Gasteiger partial charge in [0.25, 0.3) is 5.91 Å². The highest BCUT2D eigenvalue weighted by Crippen LogP contribution is 2.26. The monoisotopic (exact) mass is 485 g/mol. The number of amides is 2. The minimum atomic E-state index is -0.198. The van der Waals surface area contributed by atoms with Crippen molar-refractivity contribution >= 4 is 28.3 Å². The van der Waals surface area contributed by atoms with Gasteiger partial charge in [0.1, 0.15) is 12.4 Å². The third-order valence-electron chi connectivity index (χ3n) is 5.36. The molecule has 3 aromatic carbocycles. The van der Waals surface area contributed by atoms with Gasteiger partial charge in [-0.15, -0.1) is 11.3 Å². The zero-order valence-corrected chi connectivity index (χ0v) is 20.3. The van der Waals surface area contributed by atoms with Gasteiger partial charge >= 0.3 is 0 Å². The maximum atomic E-state index is 12.7. The standard InChI is InChI=1S/C28H27N3O3S/c1-20(32)29-17-5-6-21-9-13-23(14-10-21)26-19-35-28(30-26)31-27(33)24-15-11-22(12-16-24)18-34-25-7-3-2-4-8-25/h2-4,7-16,19H,5-6,17-18H2,1H3,(H,29,32)(H,30,31,33). The molecule has 1 aromatic heterocycles. The number of hydrogen-bond donors (Lipinski definition) is 2. The van der Waals surface area contributed by atoms with Crippen LogP contribution in [0, 0.1) is 0 Å². The van der Waals surface area contributed by atoms with Gasteiger partial charge in [-0.1, -0.05) is 54.6 Å². The Hall–Kier alpha value is -3.97. The molecule has 2 N–H and O–H groups in total. The average molecular weight is 486 g/mol. The maximum absolute atomic E-state index is 12.7. The summed E-state index contributed by atoms with van der Waals surface area (Å²) in [7, 11) is 0. The molecule has 0 fully saturated rings. The Balaban J connectivity index is 1.28. The second-order valence-electron chi connectivity index (χ2n) is 8.07. The van der Waals surface area contributed by atoms with Crippen LogP contribution in [-0.4, -0.2) is 23.3 Å². The van der Waals surface area contributed by atoms with Gasteiger partial charge < -0.3 is 10.1 Å². The number of anilines is 1. The van der Waals surface area contributed by atoms with Crippen molar-refractivity contribution in [3.8, 4) is 17.0 Å². The van der Waals surface area contributed by atoms with Gasteiger partial charge in [0.15, 0.2) is 5.13 Å². The Morgan fingerprint density at radius 1 is 0.914 bits per heavy atom. The van der Waals surface area contributed by atoms with E-state index in [0.29, 0.717) is 23.8 Å². The molecule has 0 aliphatic carbocycles. The van der Waals surface area contributed by atoms with E-state index in [9.17, 15) is 9.59 Å². The van der Waals surface area contributed by atoms with E-state index in [1.54, 1.807) is 12.1 Å². The van der Waals surface area contributed by atoms with Crippen molar-refractivity contribution in [3.63, 3.8) is 0 Å². The molecule has 4 aromatic rings. The van der Waals surface area contributed by atoms with E-state index in [1.807, 2.05) is 60.0 Å². The van der Waals surface area contributed by atoms with E-state index in [0.717, 1.165) is 35.4 Å². The summed E-state index contributed by atoms with van der Waals surface area (Å²) in [5.74, 6) is 0.610. The Morgan fingerprint density at radius 2 is 1.63 bits per heavy atom. The number of aromatic nitrogens is 1. The first kappa shape index (κ1) is 24.2. The van der Waals surface area contributed by atoms with Crippen LogP contribution < -0.4 is 15.4 Å². The van der Waals surface area contributed by atoms with Crippen LogP contribution in [0.25, 0.3) is 11.3 Å². The quantitative estimate of drug-likeness (QED) is 0.282. The predicted molar refractivity (Wildman–Crippen MR) is 140 cm³/mol. The minimum absolute atomic E-state index is 0.00257. The Bertz CT molecular complexity index is 1250. The number of thiazole rings is 1. The molecule has 0 saturated heterocycles. The van der Waals surface area contributed by atoms with Crippen LogP contribution in [0.15, 0.2) is 84.2 Å². The Morgan fingerprint density at radius 3 is 2.34 bits per heavy atom. The summed E-state index contributed by atoms with van der Waals surface area (Å²) >= 11 is 1.40. The highest BCUT2D eigenvalue weighted by atomic mass is 32.1. The van der Waals surface area contributed by atoms with Crippen LogP contribution in [0.4, 0.5) is 5.13 Å². The summed E-state index contributed by atoms with van der Waals surface area (Å²) in [5.41, 5.74) is 4.58. The molecule has 0 spiro atoms. The molecule has 0 atom stereocenters. The van der Waals surface area contributed by atoms with Gasteiger partial charge in [-0.3, -0.25) is 14.9 Å². The normalized spacial score (nSPS) is 10.5. The molecule has 0 unspecified atom stereocenters. The zero-order chi connectivity index (χ0) is 24.5. The summed E-state index contributed by atoms with van der Waals surface area (Å²) in [6, 6.07) is 25.2. The minimum Gasteiger partial charge on any atom is -0.489 e. The lowest BCUT2D eigenvalue weighted by Crippen LogP contribution is -2.21. The van der Waals surface area contributed by atoms with Crippen LogP contribution in [0.3, 0.4) is 0 Å². The molecular formula is C28H27N3O3S. The van der Waals surface area contributed by atoms with Crippen molar-refractivity contribution < 1.29 is 14.3 Å². The fourth-order valence-electron chi connectivity index (χ4n) is 3.47. The Labute approximate surface area is 209 Å². The van der Waals surface area contributed by atoms with Gasteiger partial charge in [0.05, 0.1) is 5.69 Å². The molecule has 0 radical (unpaired) electrons. The van der Waals surface area contributed by atoms with Crippen LogP contribution in [-0.2, 0) is 17.8 Å². The van der Waals surface area contributed by atoms with Crippen molar-refractivity contribution in [2.24, 2.45) is 0 Å². The van der Waals surface area contributed by atoms with Crippen molar-refractivity contribution in [1.29, 1.82) is 0 Å². The van der Waals surface area contributed by atoms with E-state index >= 15 is 0 Å². The van der Waals surface area contributed by atoms with Crippen LogP contribution in [0.2, 0.25) is 0 Å². The number of aryl methyl sites for hydroxylation is 1. The lowest BCUT2D eigenvalue weighted by Gasteiger charge is -2.07. The average Bonchev–Trinajstić information content (AvgIpc) is 3.35. The molecule has 0 aliphatic heterocycles. The van der Waals surface area contributed by atoms with Crippen molar-refractivity contribution in [1.82, 2.24) is 10.3 Å². The fraction of sp³-hybridized carbons (Fsp3) is 0.179. The van der Waals surface area contributed by atoms with Gasteiger partial charge in [-0.05, 0) is 48.2 Å². The van der Waals surface area contributed by atoms with Gasteiger partial charge in [0.2, 0.25) is 5.91 Å². The van der Waals surface area contributed by atoms with E-state index in [4.69, 9.17) is 4.74 Å². The van der Waals surface area contributed by atoms with Gasteiger partial charge in [-0.25, -0.2) is 4.98 Å². The summed E-state index contributed by atoms with van der Waals surface area (Å²) in [4.78, 5) is 28.2. The molecule has 2 amide bonds. The molecule has 0 saturated carbocycles. The van der Waals surface area contributed by atoms with Crippen molar-refractivity contribution in [2.75, 3.05) is 11.9 Å². The third-order valence-corrected chi connectivity index (χ3v) is 6.11. The molecule has 1 heterocycles. The van der Waals surface area contributed by atoms with E-state index in [1.165, 1.54) is 23.8 Å². The second kappa shape index (κ2) is 11.9. The number of carbonyl (C=O) groups is 2. The van der Waals surface area contributed by atoms with E-state index < -0.39 is 0 Å². The van der Waals surface area contributed by atoms with Crippen LogP contribution in [0.1, 0.15) is 34.8 Å². The number of carbonyl (C=O) groups excluding carboxylic acids is 2. The smallest absolute Gasteiger partial charge is 0.257 e. The molecule has 0 bridgehead atoms. The Kier molecular flexibility index (Phi) is 8.25. The molecule has 6 nitrogen and oxygen atoms in total. The number of nitrogens with one attached hydrogen (secondary N) is 2. The van der Waals surface area contributed by atoms with E-state index in [-0.39, 0.29) is 11.8 Å². The summed E-state index contributed by atoms with van der Waals surface area (Å²) in [6.07, 6.45) is 1.79. The first-order valence-electron chi connectivity index (χ1n) is 11.4. The highest BCUT2D eigenvalue weighted by molar-refractivity contribution is 7.14. The molecule has 178 valence electrons. The topological polar surface area (TPSA) is 80.3 Å². The molecule has 4 rings (SSSR count). The van der Waals surface area contributed by atoms with Crippen LogP contribution >= 0.6 is 11.3 Å². The first-order chi connectivity index (χ1) is 17.1. The van der Waals surface area contributed by atoms with Crippen molar-refractivity contribution in [3.05, 3.63) is 101 Å². The summed E-state index contributed by atoms with van der Waals surface area (Å²) < 4.78 is 5.75. The summed E-state index contributed by atoms with van der Waals surface area (Å²) in [5, 5.41) is 8.19. The maximum Gasteiger partial charge on any atom is 0.257 e. The number of benzene rings is 3. The lowest BCUT2D eigenvalue weighted by molar-refractivity contribution is -0.118. The lowest BCUT2D eigenvalue weighted by atomic mass is 10.1. The number of ether oxygens (including phenoxy) is 1. The van der Waals surface area contributed by atoms with E-state index in [2.05, 4.69) is 27.8 Å². The third kappa shape index (κ3) is 7.25. The van der Waals surface area contributed by atoms with Crippen LogP contribution in [0.5, 0.6) is 5.75 Å². The number of para-hydroxylation sites is 1. The van der Waals surface area contributed by atoms with Gasteiger partial charge in [-0.2, -0.15) is 0 Å². The zero-order valence-electron chi connectivity index (χ0n) is 19.5. The number of rotatable bonds is 10. The first-order valence-corrected chi connectivity index (χ1v) is 12.3. The summed E-state index contributed by atoms with van der Waals surface area (Å²) in [6.45, 7) is 2.64. The SMILES string of the molecule is CC(=O)NCCCc1ccc(-c2csc(NC(=O)c3ccc(COc4ccccc4)cc3)n2)cc1. The largest absolute Gasteiger partial charge is 0.489 e. The fourth-order valence-corrected chi connectivity index (χ4v) is 4.18. The molecule has 35 heavy (non-hydrogen) atoms. The number of nitrogens with zero attached hydrogens (tertiary/aromatic N) is 1. The number of hydrogen-bond acceptors (Lipinski definition) is 5. The molecule has 7 heteroatoms. The predicted octanol–water partition coefficient (Wildman–Crippen LogP) is 5.71. The molecular weight excluding hydrogens is 458 g/mol. The second-order valence-corrected chi connectivity index (χ2v) is 8.93. The van der Waals surface area contributed by atoms with Crippen molar-refractivity contribution in [2.45, 2.75) is 26.4 Å². The van der Waals surface area contributed by atoms with Gasteiger partial charge in [0, 0.05) is 30.0 Å².